The van der Waals surface area contributed by atoms with E-state index in [-0.39, 0.29) is 11.8 Å². The fourth-order valence-corrected chi connectivity index (χ4v) is 3.38. The molecule has 5 nitrogen and oxygen atoms in total. The van der Waals surface area contributed by atoms with Gasteiger partial charge >= 0.3 is 6.03 Å². The van der Waals surface area contributed by atoms with Gasteiger partial charge < -0.3 is 19.7 Å². The molecule has 2 amide bonds. The van der Waals surface area contributed by atoms with Crippen LogP contribution in [0.25, 0.3) is 0 Å². The lowest BCUT2D eigenvalue weighted by molar-refractivity contribution is 0.205. The summed E-state index contributed by atoms with van der Waals surface area (Å²) in [7, 11) is 1.82. The van der Waals surface area contributed by atoms with Gasteiger partial charge in [0.25, 0.3) is 0 Å². The summed E-state index contributed by atoms with van der Waals surface area (Å²) >= 11 is 0. The SMILES string of the molecule is CCn1ccc(CN(C)C(=O)NCC2CCN(c3ccc(F)cc3)C2)c1. The van der Waals surface area contributed by atoms with Crippen LogP contribution in [0.5, 0.6) is 0 Å². The largest absolute Gasteiger partial charge is 0.371 e. The minimum absolute atomic E-state index is 0.0468. The smallest absolute Gasteiger partial charge is 0.317 e. The molecule has 140 valence electrons. The van der Waals surface area contributed by atoms with E-state index in [0.717, 1.165) is 37.3 Å². The average molecular weight is 358 g/mol. The summed E-state index contributed by atoms with van der Waals surface area (Å²) in [5, 5.41) is 3.04. The van der Waals surface area contributed by atoms with Crippen molar-refractivity contribution < 1.29 is 9.18 Å². The third-order valence-electron chi connectivity index (χ3n) is 4.96. The number of halogens is 1. The first-order chi connectivity index (χ1) is 12.5. The van der Waals surface area contributed by atoms with E-state index in [1.165, 1.54) is 12.1 Å². The number of carbonyl (C=O) groups excluding carboxylic acids is 1. The number of urea groups is 1. The van der Waals surface area contributed by atoms with Crippen LogP contribution in [0.4, 0.5) is 14.9 Å². The lowest BCUT2D eigenvalue weighted by atomic mass is 10.1. The molecule has 6 heteroatoms. The Labute approximate surface area is 154 Å². The number of hydrogen-bond acceptors (Lipinski definition) is 2. The van der Waals surface area contributed by atoms with Crippen LogP contribution in [-0.2, 0) is 13.1 Å². The van der Waals surface area contributed by atoms with Gasteiger partial charge in [0.15, 0.2) is 0 Å². The standard InChI is InChI=1S/C20H27FN4O/c1-3-24-10-8-17(14-24)13-23(2)20(26)22-12-16-9-11-25(15-16)19-6-4-18(21)5-7-19/h4-8,10,14,16H,3,9,11-13,15H2,1-2H3,(H,22,26). The molecule has 2 aromatic rings. The molecular weight excluding hydrogens is 331 g/mol. The van der Waals surface area contributed by atoms with Gasteiger partial charge in [0, 0.05) is 57.9 Å². The normalized spacial score (nSPS) is 16.7. The highest BCUT2D eigenvalue weighted by atomic mass is 19.1. The third-order valence-corrected chi connectivity index (χ3v) is 4.96. The van der Waals surface area contributed by atoms with Crippen molar-refractivity contribution in [3.05, 3.63) is 54.1 Å². The van der Waals surface area contributed by atoms with Crippen molar-refractivity contribution in [2.75, 3.05) is 31.6 Å². The highest BCUT2D eigenvalue weighted by Crippen LogP contribution is 2.23. The van der Waals surface area contributed by atoms with Gasteiger partial charge in [0.2, 0.25) is 0 Å². The van der Waals surface area contributed by atoms with E-state index in [1.807, 2.05) is 31.4 Å². The quantitative estimate of drug-likeness (QED) is 0.861. The zero-order valence-electron chi connectivity index (χ0n) is 15.5. The predicted molar refractivity (Wildman–Crippen MR) is 102 cm³/mol. The third kappa shape index (κ3) is 4.56. The predicted octanol–water partition coefficient (Wildman–Crippen LogP) is 3.32. The van der Waals surface area contributed by atoms with Gasteiger partial charge in [0.1, 0.15) is 5.82 Å². The molecule has 1 saturated heterocycles. The van der Waals surface area contributed by atoms with Gasteiger partial charge in [-0.05, 0) is 55.2 Å². The van der Waals surface area contributed by atoms with Gasteiger partial charge in [-0.2, -0.15) is 0 Å². The van der Waals surface area contributed by atoms with Crippen molar-refractivity contribution in [1.82, 2.24) is 14.8 Å². The van der Waals surface area contributed by atoms with E-state index in [1.54, 1.807) is 4.90 Å². The van der Waals surface area contributed by atoms with Crippen molar-refractivity contribution in [2.45, 2.75) is 26.4 Å². The Morgan fingerprint density at radius 2 is 2.08 bits per heavy atom. The number of nitrogens with zero attached hydrogens (tertiary/aromatic N) is 3. The highest BCUT2D eigenvalue weighted by molar-refractivity contribution is 5.73. The summed E-state index contributed by atoms with van der Waals surface area (Å²) in [6.45, 7) is 6.11. The molecule has 1 aliphatic heterocycles. The first-order valence-corrected chi connectivity index (χ1v) is 9.19. The zero-order valence-corrected chi connectivity index (χ0v) is 15.5. The van der Waals surface area contributed by atoms with Gasteiger partial charge in [-0.25, -0.2) is 9.18 Å². The lowest BCUT2D eigenvalue weighted by Crippen LogP contribution is -2.39. The van der Waals surface area contributed by atoms with Crippen LogP contribution in [0.15, 0.2) is 42.7 Å². The number of benzene rings is 1. The van der Waals surface area contributed by atoms with Crippen LogP contribution in [0.3, 0.4) is 0 Å². The first kappa shape index (κ1) is 18.3. The maximum absolute atomic E-state index is 13.0. The van der Waals surface area contributed by atoms with E-state index in [4.69, 9.17) is 0 Å². The monoisotopic (exact) mass is 358 g/mol. The number of carbonyl (C=O) groups is 1. The van der Waals surface area contributed by atoms with Crippen LogP contribution in [0.1, 0.15) is 18.9 Å². The van der Waals surface area contributed by atoms with Crippen LogP contribution in [0, 0.1) is 11.7 Å². The highest BCUT2D eigenvalue weighted by Gasteiger charge is 2.23. The molecule has 1 aliphatic rings. The van der Waals surface area contributed by atoms with Crippen molar-refractivity contribution in [3.63, 3.8) is 0 Å². The van der Waals surface area contributed by atoms with Crippen molar-refractivity contribution in [1.29, 1.82) is 0 Å². The Bertz CT molecular complexity index is 728. The fraction of sp³-hybridized carbons (Fsp3) is 0.450. The molecule has 1 aromatic heterocycles. The van der Waals surface area contributed by atoms with E-state index < -0.39 is 0 Å². The molecule has 1 unspecified atom stereocenters. The molecule has 0 spiro atoms. The Kier molecular flexibility index (Phi) is 5.81. The summed E-state index contributed by atoms with van der Waals surface area (Å²) in [6.07, 6.45) is 5.13. The molecule has 0 saturated carbocycles. The second kappa shape index (κ2) is 8.25. The van der Waals surface area contributed by atoms with E-state index >= 15 is 0 Å². The van der Waals surface area contributed by atoms with Crippen LogP contribution in [0.2, 0.25) is 0 Å². The molecule has 0 radical (unpaired) electrons. The second-order valence-electron chi connectivity index (χ2n) is 6.97. The van der Waals surface area contributed by atoms with Crippen LogP contribution in [-0.4, -0.2) is 42.2 Å². The number of anilines is 1. The second-order valence-corrected chi connectivity index (χ2v) is 6.97. The minimum Gasteiger partial charge on any atom is -0.371 e. The Hall–Kier alpha value is -2.50. The summed E-state index contributed by atoms with van der Waals surface area (Å²) in [5.74, 6) is 0.202. The number of aryl methyl sites for hydroxylation is 1. The molecule has 1 atom stereocenters. The number of aromatic nitrogens is 1. The van der Waals surface area contributed by atoms with Gasteiger partial charge in [-0.1, -0.05) is 0 Å². The zero-order chi connectivity index (χ0) is 18.5. The number of rotatable bonds is 6. The van der Waals surface area contributed by atoms with Gasteiger partial charge in [0.05, 0.1) is 0 Å². The van der Waals surface area contributed by atoms with Crippen LogP contribution < -0.4 is 10.2 Å². The van der Waals surface area contributed by atoms with E-state index in [2.05, 4.69) is 27.9 Å². The Balaban J connectivity index is 1.43. The molecule has 1 aromatic carbocycles. The minimum atomic E-state index is -0.214. The fourth-order valence-electron chi connectivity index (χ4n) is 3.38. The maximum Gasteiger partial charge on any atom is 0.317 e. The van der Waals surface area contributed by atoms with E-state index in [9.17, 15) is 9.18 Å². The molecule has 0 bridgehead atoms. The lowest BCUT2D eigenvalue weighted by Gasteiger charge is -2.20. The number of hydrogen-bond donors (Lipinski definition) is 1. The first-order valence-electron chi connectivity index (χ1n) is 9.19. The molecule has 3 rings (SSSR count). The van der Waals surface area contributed by atoms with Crippen molar-refractivity contribution >= 4 is 11.7 Å². The molecular formula is C20H27FN4O. The molecule has 26 heavy (non-hydrogen) atoms. The molecule has 1 N–H and O–H groups in total. The molecule has 1 fully saturated rings. The summed E-state index contributed by atoms with van der Waals surface area (Å²) in [5.41, 5.74) is 2.17. The number of nitrogens with one attached hydrogen (secondary N) is 1. The summed E-state index contributed by atoms with van der Waals surface area (Å²) < 4.78 is 15.1. The molecule has 0 aliphatic carbocycles. The van der Waals surface area contributed by atoms with Gasteiger partial charge in [-0.15, -0.1) is 0 Å². The van der Waals surface area contributed by atoms with Gasteiger partial charge in [-0.3, -0.25) is 0 Å². The Morgan fingerprint density at radius 3 is 2.77 bits per heavy atom. The topological polar surface area (TPSA) is 40.5 Å². The van der Waals surface area contributed by atoms with Crippen molar-refractivity contribution in [3.8, 4) is 0 Å². The maximum atomic E-state index is 13.0. The summed E-state index contributed by atoms with van der Waals surface area (Å²) in [4.78, 5) is 16.3. The Morgan fingerprint density at radius 1 is 1.31 bits per heavy atom. The number of amides is 2. The van der Waals surface area contributed by atoms with E-state index in [0.29, 0.717) is 19.0 Å². The molecule has 2 heterocycles. The van der Waals surface area contributed by atoms with Crippen molar-refractivity contribution in [2.24, 2.45) is 5.92 Å². The average Bonchev–Trinajstić information content (AvgIpc) is 3.29. The van der Waals surface area contributed by atoms with Crippen LogP contribution >= 0.6 is 0 Å². The summed E-state index contributed by atoms with van der Waals surface area (Å²) in [6, 6.07) is 8.61.